The summed E-state index contributed by atoms with van der Waals surface area (Å²) in [5.74, 6) is 0.223. The fraction of sp³-hybridized carbons (Fsp3) is 0.550. The van der Waals surface area contributed by atoms with Gasteiger partial charge in [-0.15, -0.1) is 11.3 Å². The highest BCUT2D eigenvalue weighted by atomic mass is 35.5. The molecule has 1 fully saturated rings. The number of halogens is 1. The van der Waals surface area contributed by atoms with E-state index >= 15 is 0 Å². The number of thiazole rings is 1. The summed E-state index contributed by atoms with van der Waals surface area (Å²) in [6.07, 6.45) is 5.46. The van der Waals surface area contributed by atoms with Gasteiger partial charge in [-0.25, -0.2) is 4.98 Å². The van der Waals surface area contributed by atoms with E-state index in [-0.39, 0.29) is 24.2 Å². The Morgan fingerprint density at radius 1 is 1.50 bits per heavy atom. The number of carbonyl (C=O) groups excluding carboxylic acids is 2. The van der Waals surface area contributed by atoms with E-state index in [0.29, 0.717) is 24.8 Å². The Morgan fingerprint density at radius 2 is 2.33 bits per heavy atom. The van der Waals surface area contributed by atoms with Crippen molar-refractivity contribution in [3.8, 4) is 0 Å². The molecule has 0 spiro atoms. The first-order valence-electron chi connectivity index (χ1n) is 9.89. The molecule has 2 atom stereocenters. The van der Waals surface area contributed by atoms with Crippen molar-refractivity contribution in [1.29, 1.82) is 0 Å². The lowest BCUT2D eigenvalue weighted by molar-refractivity contribution is -0.120. The van der Waals surface area contributed by atoms with Gasteiger partial charge in [0.15, 0.2) is 4.34 Å². The number of nitrogens with one attached hydrogen (secondary N) is 1. The number of nitrogens with zero attached hydrogens (tertiary/aromatic N) is 2. The summed E-state index contributed by atoms with van der Waals surface area (Å²) in [5.41, 5.74) is 6.96. The quantitative estimate of drug-likeness (QED) is 0.537. The minimum absolute atomic E-state index is 0.0185. The highest BCUT2D eigenvalue weighted by Crippen LogP contribution is 2.26. The lowest BCUT2D eigenvalue weighted by Gasteiger charge is -2.35. The second kappa shape index (κ2) is 11.3. The number of aromatic nitrogens is 1. The molecule has 30 heavy (non-hydrogen) atoms. The minimum Gasteiger partial charge on any atom is -0.374 e. The number of morpholine rings is 1. The maximum Gasteiger partial charge on any atom is 0.230 e. The van der Waals surface area contributed by atoms with Gasteiger partial charge in [-0.3, -0.25) is 14.5 Å². The van der Waals surface area contributed by atoms with Crippen molar-refractivity contribution in [2.75, 3.05) is 38.5 Å². The van der Waals surface area contributed by atoms with Crippen molar-refractivity contribution in [3.63, 3.8) is 0 Å². The molecule has 1 aliphatic carbocycles. The molecular formula is C20H27ClN4O3S2. The summed E-state index contributed by atoms with van der Waals surface area (Å²) in [7, 11) is 0. The van der Waals surface area contributed by atoms with Crippen LogP contribution in [0.2, 0.25) is 0 Å². The molecule has 1 aliphatic heterocycles. The molecule has 2 amide bonds. The van der Waals surface area contributed by atoms with Crippen LogP contribution in [-0.2, 0) is 20.7 Å². The predicted octanol–water partition coefficient (Wildman–Crippen LogP) is 2.17. The fourth-order valence-electron chi connectivity index (χ4n) is 3.38. The topological polar surface area (TPSA) is 97.6 Å². The van der Waals surface area contributed by atoms with Crippen LogP contribution in [0, 0.1) is 5.92 Å². The highest BCUT2D eigenvalue weighted by molar-refractivity contribution is 8.01. The lowest BCUT2D eigenvalue weighted by atomic mass is 9.96. The first-order valence-corrected chi connectivity index (χ1v) is 12.1. The minimum atomic E-state index is -0.412. The average Bonchev–Trinajstić information content (AvgIpc) is 3.14. The Labute approximate surface area is 190 Å². The highest BCUT2D eigenvalue weighted by Gasteiger charge is 2.23. The number of nitrogens with two attached hydrogens (primary N) is 1. The third-order valence-electron chi connectivity index (χ3n) is 4.94. The van der Waals surface area contributed by atoms with Gasteiger partial charge in [0.1, 0.15) is 0 Å². The summed E-state index contributed by atoms with van der Waals surface area (Å²) in [6, 6.07) is 0. The third kappa shape index (κ3) is 7.39. The van der Waals surface area contributed by atoms with Crippen molar-refractivity contribution < 1.29 is 14.3 Å². The number of thioether (sulfide) groups is 1. The Kier molecular flexibility index (Phi) is 8.76. The zero-order valence-corrected chi connectivity index (χ0v) is 19.3. The van der Waals surface area contributed by atoms with E-state index in [1.54, 1.807) is 5.38 Å². The summed E-state index contributed by atoms with van der Waals surface area (Å²) in [6.45, 7) is 5.82. The summed E-state index contributed by atoms with van der Waals surface area (Å²) in [5, 5.41) is 5.59. The van der Waals surface area contributed by atoms with E-state index in [1.807, 2.05) is 6.92 Å². The van der Waals surface area contributed by atoms with Crippen LogP contribution in [-0.4, -0.2) is 66.3 Å². The fourth-order valence-corrected chi connectivity index (χ4v) is 5.31. The Balaban J connectivity index is 1.36. The zero-order valence-electron chi connectivity index (χ0n) is 16.9. The van der Waals surface area contributed by atoms with E-state index < -0.39 is 5.91 Å². The molecule has 3 N–H and O–H groups in total. The van der Waals surface area contributed by atoms with Crippen molar-refractivity contribution in [2.24, 2.45) is 11.7 Å². The maximum absolute atomic E-state index is 12.2. The standard InChI is InChI=1S/C20H27ClN4O3S2/c1-13-2-3-14(6-17(13)21)9-25-4-5-28-16(10-25)8-23-19(27)12-30-20-24-15(11-29-20)7-18(22)26/h2,6,11,14,16H,3-5,7-10,12H2,1H3,(H2,22,26)(H,23,27)/t14?,16-/m0/s1. The average molecular weight is 471 g/mol. The number of primary amides is 1. The van der Waals surface area contributed by atoms with Gasteiger partial charge in [0.2, 0.25) is 11.8 Å². The molecule has 7 nitrogen and oxygen atoms in total. The molecule has 1 aromatic rings. The monoisotopic (exact) mass is 470 g/mol. The summed E-state index contributed by atoms with van der Waals surface area (Å²) < 4.78 is 6.57. The summed E-state index contributed by atoms with van der Waals surface area (Å²) >= 11 is 9.03. The van der Waals surface area contributed by atoms with Crippen molar-refractivity contribution in [2.45, 2.75) is 30.2 Å². The van der Waals surface area contributed by atoms with Crippen LogP contribution in [0.4, 0.5) is 0 Å². The van der Waals surface area contributed by atoms with Crippen LogP contribution in [0.15, 0.2) is 32.5 Å². The van der Waals surface area contributed by atoms with Gasteiger partial charge in [0, 0.05) is 36.6 Å². The van der Waals surface area contributed by atoms with Crippen LogP contribution >= 0.6 is 34.7 Å². The maximum atomic E-state index is 12.2. The molecular weight excluding hydrogens is 444 g/mol. The molecule has 0 bridgehead atoms. The van der Waals surface area contributed by atoms with Gasteiger partial charge < -0.3 is 15.8 Å². The first-order chi connectivity index (χ1) is 14.4. The van der Waals surface area contributed by atoms with Crippen LogP contribution in [0.5, 0.6) is 0 Å². The van der Waals surface area contributed by atoms with Gasteiger partial charge in [0.05, 0.1) is 30.6 Å². The van der Waals surface area contributed by atoms with E-state index in [4.69, 9.17) is 22.1 Å². The lowest BCUT2D eigenvalue weighted by Crippen LogP contribution is -2.48. The van der Waals surface area contributed by atoms with Crippen molar-refractivity contribution in [3.05, 3.63) is 33.8 Å². The molecule has 164 valence electrons. The van der Waals surface area contributed by atoms with E-state index in [1.165, 1.54) is 23.1 Å². The Morgan fingerprint density at radius 3 is 3.10 bits per heavy atom. The number of carbonyl (C=O) groups is 2. The van der Waals surface area contributed by atoms with Gasteiger partial charge in [-0.2, -0.15) is 0 Å². The molecule has 0 radical (unpaired) electrons. The second-order valence-electron chi connectivity index (χ2n) is 7.49. The molecule has 0 saturated carbocycles. The van der Waals surface area contributed by atoms with Crippen molar-refractivity contribution in [1.82, 2.24) is 15.2 Å². The number of amides is 2. The molecule has 1 saturated heterocycles. The molecule has 1 unspecified atom stereocenters. The number of allylic oxidation sites excluding steroid dienone is 3. The van der Waals surface area contributed by atoms with E-state index in [0.717, 1.165) is 41.0 Å². The Hall–Kier alpha value is -1.39. The van der Waals surface area contributed by atoms with Gasteiger partial charge in [-0.1, -0.05) is 35.5 Å². The predicted molar refractivity (Wildman–Crippen MR) is 121 cm³/mol. The molecule has 3 rings (SSSR count). The van der Waals surface area contributed by atoms with Crippen LogP contribution in [0.1, 0.15) is 19.0 Å². The molecule has 2 aliphatic rings. The third-order valence-corrected chi connectivity index (χ3v) is 7.43. The smallest absolute Gasteiger partial charge is 0.230 e. The molecule has 2 heterocycles. The number of hydrogen-bond acceptors (Lipinski definition) is 7. The number of rotatable bonds is 9. The van der Waals surface area contributed by atoms with Crippen LogP contribution < -0.4 is 11.1 Å². The largest absolute Gasteiger partial charge is 0.374 e. The SMILES string of the molecule is CC1=CCC(CN2CCO[C@@H](CNC(=O)CSc3nc(CC(N)=O)cs3)C2)C=C1Cl. The van der Waals surface area contributed by atoms with E-state index in [9.17, 15) is 9.59 Å². The van der Waals surface area contributed by atoms with Gasteiger partial charge in [-0.05, 0) is 24.8 Å². The van der Waals surface area contributed by atoms with Gasteiger partial charge >= 0.3 is 0 Å². The van der Waals surface area contributed by atoms with Crippen molar-refractivity contribution >= 4 is 46.5 Å². The van der Waals surface area contributed by atoms with Crippen LogP contribution in [0.3, 0.4) is 0 Å². The summed E-state index contributed by atoms with van der Waals surface area (Å²) in [4.78, 5) is 29.8. The Bertz CT molecular complexity index is 827. The zero-order chi connectivity index (χ0) is 21.5. The molecule has 0 aromatic carbocycles. The first kappa shape index (κ1) is 23.3. The molecule has 1 aromatic heterocycles. The number of hydrogen-bond donors (Lipinski definition) is 2. The van der Waals surface area contributed by atoms with E-state index in [2.05, 4.69) is 27.4 Å². The van der Waals surface area contributed by atoms with Crippen LogP contribution in [0.25, 0.3) is 0 Å². The second-order valence-corrected chi connectivity index (χ2v) is 9.98. The molecule has 10 heteroatoms. The van der Waals surface area contributed by atoms with Gasteiger partial charge in [0.25, 0.3) is 0 Å². The normalized spacial score (nSPS) is 22.3. The number of ether oxygens (including phenoxy) is 1.